The van der Waals surface area contributed by atoms with Crippen molar-refractivity contribution in [1.29, 1.82) is 0 Å². The molecule has 4 heteroatoms. The van der Waals surface area contributed by atoms with Crippen molar-refractivity contribution in [2.75, 3.05) is 0 Å². The van der Waals surface area contributed by atoms with Crippen LogP contribution in [0.3, 0.4) is 0 Å². The van der Waals surface area contributed by atoms with Gasteiger partial charge in [-0.3, -0.25) is 0 Å². The second kappa shape index (κ2) is 3.12. The van der Waals surface area contributed by atoms with Gasteiger partial charge in [-0.15, -0.1) is 0 Å². The van der Waals surface area contributed by atoms with Crippen LogP contribution in [0.4, 0.5) is 0 Å². The molecule has 0 saturated heterocycles. The number of hydrogen-bond donors (Lipinski definition) is 1. The largest absolute Gasteiger partial charge is 0.475 e. The van der Waals surface area contributed by atoms with Crippen LogP contribution in [-0.4, -0.2) is 21.0 Å². The first-order chi connectivity index (χ1) is 5.91. The summed E-state index contributed by atoms with van der Waals surface area (Å²) in [7, 11) is 0. The number of hydrogen-bond acceptors (Lipinski definition) is 3. The lowest BCUT2D eigenvalue weighted by molar-refractivity contribution is 0.0683. The van der Waals surface area contributed by atoms with Crippen LogP contribution in [0.5, 0.6) is 0 Å². The van der Waals surface area contributed by atoms with E-state index in [-0.39, 0.29) is 11.2 Å². The maximum atomic E-state index is 10.4. The minimum absolute atomic E-state index is 0.0446. The summed E-state index contributed by atoms with van der Waals surface area (Å²) >= 11 is 0. The van der Waals surface area contributed by atoms with E-state index in [0.717, 1.165) is 5.56 Å². The third-order valence-electron chi connectivity index (χ3n) is 1.71. The Morgan fingerprint density at radius 3 is 2.08 bits per heavy atom. The van der Waals surface area contributed by atoms with Crippen molar-refractivity contribution in [1.82, 2.24) is 9.97 Å². The van der Waals surface area contributed by atoms with Gasteiger partial charge in [0.1, 0.15) is 0 Å². The number of carbonyl (C=O) groups is 1. The summed E-state index contributed by atoms with van der Waals surface area (Å²) in [5, 5.41) is 8.55. The molecule has 0 spiro atoms. The van der Waals surface area contributed by atoms with Gasteiger partial charge in [0.15, 0.2) is 0 Å². The molecule has 1 N–H and O–H groups in total. The van der Waals surface area contributed by atoms with E-state index >= 15 is 0 Å². The molecule has 70 valence electrons. The number of nitrogens with zero attached hydrogens (tertiary/aromatic N) is 2. The lowest BCUT2D eigenvalue weighted by Gasteiger charge is -2.17. The molecule has 0 saturated carbocycles. The van der Waals surface area contributed by atoms with Crippen molar-refractivity contribution in [2.24, 2.45) is 0 Å². The smallest absolute Gasteiger partial charge is 0.373 e. The van der Waals surface area contributed by atoms with E-state index in [1.165, 1.54) is 0 Å². The molecule has 0 bridgehead atoms. The fraction of sp³-hybridized carbons (Fsp3) is 0.444. The van der Waals surface area contributed by atoms with Crippen LogP contribution in [0, 0.1) is 0 Å². The van der Waals surface area contributed by atoms with Gasteiger partial charge < -0.3 is 5.11 Å². The van der Waals surface area contributed by atoms with Gasteiger partial charge in [0.25, 0.3) is 0 Å². The standard InChI is InChI=1S/C9H12N2O2/c1-9(2,3)6-4-10-7(8(12)13)11-5-6/h4-5H,1-3H3,(H,12,13). The van der Waals surface area contributed by atoms with Gasteiger partial charge in [0, 0.05) is 12.4 Å². The first-order valence-electron chi connectivity index (χ1n) is 3.97. The van der Waals surface area contributed by atoms with Crippen molar-refractivity contribution in [3.63, 3.8) is 0 Å². The number of carboxylic acids is 1. The molecular weight excluding hydrogens is 168 g/mol. The van der Waals surface area contributed by atoms with Gasteiger partial charge >= 0.3 is 5.97 Å². The molecule has 4 nitrogen and oxygen atoms in total. The Morgan fingerprint density at radius 1 is 1.31 bits per heavy atom. The minimum atomic E-state index is -1.10. The van der Waals surface area contributed by atoms with Crippen LogP contribution in [-0.2, 0) is 5.41 Å². The van der Waals surface area contributed by atoms with Crippen molar-refractivity contribution >= 4 is 5.97 Å². The lowest BCUT2D eigenvalue weighted by atomic mass is 9.89. The molecule has 0 radical (unpaired) electrons. The topological polar surface area (TPSA) is 63.1 Å². The molecule has 1 aromatic heterocycles. The fourth-order valence-electron chi connectivity index (χ4n) is 0.826. The van der Waals surface area contributed by atoms with Crippen molar-refractivity contribution in [3.05, 3.63) is 23.8 Å². The highest BCUT2D eigenvalue weighted by molar-refractivity contribution is 5.82. The molecule has 1 rings (SSSR count). The highest BCUT2D eigenvalue weighted by atomic mass is 16.4. The van der Waals surface area contributed by atoms with Gasteiger partial charge in [-0.05, 0) is 11.0 Å². The zero-order valence-electron chi connectivity index (χ0n) is 7.90. The van der Waals surface area contributed by atoms with Gasteiger partial charge in [-0.1, -0.05) is 20.8 Å². The van der Waals surface area contributed by atoms with Gasteiger partial charge in [-0.2, -0.15) is 0 Å². The zero-order valence-corrected chi connectivity index (χ0v) is 7.90. The van der Waals surface area contributed by atoms with Crippen LogP contribution in [0.1, 0.15) is 37.0 Å². The molecule has 0 aliphatic heterocycles. The summed E-state index contributed by atoms with van der Waals surface area (Å²) in [6.07, 6.45) is 3.10. The molecule has 0 aliphatic rings. The van der Waals surface area contributed by atoms with Crippen LogP contribution >= 0.6 is 0 Å². The van der Waals surface area contributed by atoms with Gasteiger partial charge in [-0.25, -0.2) is 14.8 Å². The number of aromatic carboxylic acids is 1. The van der Waals surface area contributed by atoms with E-state index in [2.05, 4.69) is 9.97 Å². The quantitative estimate of drug-likeness (QED) is 0.710. The third-order valence-corrected chi connectivity index (χ3v) is 1.71. The highest BCUT2D eigenvalue weighted by Crippen LogP contribution is 2.19. The number of aromatic nitrogens is 2. The molecular formula is C9H12N2O2. The lowest BCUT2D eigenvalue weighted by Crippen LogP contribution is -2.14. The van der Waals surface area contributed by atoms with Crippen molar-refractivity contribution < 1.29 is 9.90 Å². The van der Waals surface area contributed by atoms with Gasteiger partial charge in [0.2, 0.25) is 5.82 Å². The molecule has 0 atom stereocenters. The minimum Gasteiger partial charge on any atom is -0.475 e. The first-order valence-corrected chi connectivity index (χ1v) is 3.97. The van der Waals surface area contributed by atoms with Gasteiger partial charge in [0.05, 0.1) is 0 Å². The van der Waals surface area contributed by atoms with Crippen LogP contribution in [0.2, 0.25) is 0 Å². The maximum Gasteiger partial charge on any atom is 0.373 e. The van der Waals surface area contributed by atoms with Crippen LogP contribution < -0.4 is 0 Å². The number of rotatable bonds is 1. The fourth-order valence-corrected chi connectivity index (χ4v) is 0.826. The summed E-state index contributed by atoms with van der Waals surface area (Å²) in [5.74, 6) is -1.26. The Kier molecular flexibility index (Phi) is 2.32. The molecule has 0 fully saturated rings. The molecule has 1 heterocycles. The molecule has 0 aromatic carbocycles. The summed E-state index contributed by atoms with van der Waals surface area (Å²) < 4.78 is 0. The molecule has 1 aromatic rings. The highest BCUT2D eigenvalue weighted by Gasteiger charge is 2.15. The molecule has 0 aliphatic carbocycles. The maximum absolute atomic E-state index is 10.4. The molecule has 0 amide bonds. The average molecular weight is 180 g/mol. The Hall–Kier alpha value is -1.45. The third kappa shape index (κ3) is 2.24. The number of carboxylic acid groups (broad SMARTS) is 1. The Balaban J connectivity index is 3.01. The van der Waals surface area contributed by atoms with E-state index in [4.69, 9.17) is 5.11 Å². The van der Waals surface area contributed by atoms with Crippen molar-refractivity contribution in [3.8, 4) is 0 Å². The Bertz CT molecular complexity index is 311. The van der Waals surface area contributed by atoms with E-state index in [1.54, 1.807) is 12.4 Å². The zero-order chi connectivity index (χ0) is 10.1. The normalized spacial score (nSPS) is 11.3. The summed E-state index contributed by atoms with van der Waals surface area (Å²) in [4.78, 5) is 17.9. The second-order valence-electron chi connectivity index (χ2n) is 3.85. The summed E-state index contributed by atoms with van der Waals surface area (Å²) in [5.41, 5.74) is 0.884. The van der Waals surface area contributed by atoms with Crippen molar-refractivity contribution in [2.45, 2.75) is 26.2 Å². The predicted octanol–water partition coefficient (Wildman–Crippen LogP) is 1.47. The Morgan fingerprint density at radius 2 is 1.77 bits per heavy atom. The monoisotopic (exact) mass is 180 g/mol. The molecule has 0 unspecified atom stereocenters. The van der Waals surface area contributed by atoms with Crippen LogP contribution in [0.25, 0.3) is 0 Å². The van der Waals surface area contributed by atoms with E-state index < -0.39 is 5.97 Å². The second-order valence-corrected chi connectivity index (χ2v) is 3.85. The van der Waals surface area contributed by atoms with E-state index in [1.807, 2.05) is 20.8 Å². The van der Waals surface area contributed by atoms with Crippen LogP contribution in [0.15, 0.2) is 12.4 Å². The Labute approximate surface area is 76.7 Å². The van der Waals surface area contributed by atoms with E-state index in [9.17, 15) is 4.79 Å². The first kappa shape index (κ1) is 9.64. The molecule has 13 heavy (non-hydrogen) atoms. The predicted molar refractivity (Wildman–Crippen MR) is 47.7 cm³/mol. The summed E-state index contributed by atoms with van der Waals surface area (Å²) in [6, 6.07) is 0. The average Bonchev–Trinajstić information content (AvgIpc) is 2.03. The summed E-state index contributed by atoms with van der Waals surface area (Å²) in [6.45, 7) is 6.06. The van der Waals surface area contributed by atoms with E-state index in [0.29, 0.717) is 0 Å². The SMILES string of the molecule is CC(C)(C)c1cnc(C(=O)O)nc1.